The summed E-state index contributed by atoms with van der Waals surface area (Å²) in [5, 5.41) is 0. The van der Waals surface area contributed by atoms with Crippen molar-refractivity contribution < 1.29 is 4.39 Å². The summed E-state index contributed by atoms with van der Waals surface area (Å²) >= 11 is 0. The fourth-order valence-electron chi connectivity index (χ4n) is 2.11. The van der Waals surface area contributed by atoms with Crippen LogP contribution in [0.3, 0.4) is 0 Å². The molecule has 0 fully saturated rings. The molecule has 0 aromatic heterocycles. The molecule has 0 aliphatic carbocycles. The Balaban J connectivity index is 2.17. The fraction of sp³-hybridized carbons (Fsp3) is 0.250. The molecule has 18 heavy (non-hydrogen) atoms. The summed E-state index contributed by atoms with van der Waals surface area (Å²) in [4.78, 5) is 0. The second-order valence-electron chi connectivity index (χ2n) is 4.68. The SMILES string of the molecule is Cc1ccc(CC(CN)c2cccc(F)c2)cc1. The summed E-state index contributed by atoms with van der Waals surface area (Å²) in [5.74, 6) is -0.0294. The normalized spacial score (nSPS) is 12.4. The van der Waals surface area contributed by atoms with Gasteiger partial charge in [-0.3, -0.25) is 0 Å². The number of hydrogen-bond donors (Lipinski definition) is 1. The zero-order chi connectivity index (χ0) is 13.0. The Hall–Kier alpha value is -1.67. The first-order valence-corrected chi connectivity index (χ1v) is 6.20. The van der Waals surface area contributed by atoms with Crippen molar-refractivity contribution in [3.63, 3.8) is 0 Å². The molecule has 2 heteroatoms. The molecular formula is C16H18FN. The number of benzene rings is 2. The van der Waals surface area contributed by atoms with Gasteiger partial charge in [0.2, 0.25) is 0 Å². The predicted molar refractivity (Wildman–Crippen MR) is 73.1 cm³/mol. The topological polar surface area (TPSA) is 26.0 Å². The standard InChI is InChI=1S/C16H18FN/c1-12-5-7-13(8-6-12)9-15(11-18)14-3-2-4-16(17)10-14/h2-8,10,15H,9,11,18H2,1H3. The minimum Gasteiger partial charge on any atom is -0.330 e. The van der Waals surface area contributed by atoms with Crippen LogP contribution in [-0.2, 0) is 6.42 Å². The number of aryl methyl sites for hydroxylation is 1. The second kappa shape index (κ2) is 5.78. The van der Waals surface area contributed by atoms with E-state index >= 15 is 0 Å². The van der Waals surface area contributed by atoms with Crippen molar-refractivity contribution >= 4 is 0 Å². The van der Waals surface area contributed by atoms with Crippen LogP contribution in [0.4, 0.5) is 4.39 Å². The van der Waals surface area contributed by atoms with Crippen molar-refractivity contribution in [1.29, 1.82) is 0 Å². The van der Waals surface area contributed by atoms with Gasteiger partial charge >= 0.3 is 0 Å². The largest absolute Gasteiger partial charge is 0.330 e. The Bertz CT molecular complexity index is 505. The van der Waals surface area contributed by atoms with Crippen LogP contribution in [0.15, 0.2) is 48.5 Å². The van der Waals surface area contributed by atoms with Gasteiger partial charge in [-0.2, -0.15) is 0 Å². The third kappa shape index (κ3) is 3.17. The lowest BCUT2D eigenvalue weighted by Crippen LogP contribution is -2.15. The van der Waals surface area contributed by atoms with Gasteiger partial charge in [-0.05, 0) is 43.1 Å². The van der Waals surface area contributed by atoms with E-state index in [0.717, 1.165) is 12.0 Å². The summed E-state index contributed by atoms with van der Waals surface area (Å²) < 4.78 is 13.2. The Morgan fingerprint density at radius 3 is 2.44 bits per heavy atom. The highest BCUT2D eigenvalue weighted by Gasteiger charge is 2.11. The Kier molecular flexibility index (Phi) is 4.11. The van der Waals surface area contributed by atoms with Gasteiger partial charge in [0.05, 0.1) is 0 Å². The third-order valence-electron chi connectivity index (χ3n) is 3.21. The van der Waals surface area contributed by atoms with E-state index in [2.05, 4.69) is 31.2 Å². The molecule has 1 atom stereocenters. The van der Waals surface area contributed by atoms with E-state index < -0.39 is 0 Å². The minimum atomic E-state index is -0.199. The third-order valence-corrected chi connectivity index (χ3v) is 3.21. The number of hydrogen-bond acceptors (Lipinski definition) is 1. The molecule has 0 bridgehead atoms. The summed E-state index contributed by atoms with van der Waals surface area (Å²) in [6.07, 6.45) is 0.847. The van der Waals surface area contributed by atoms with Crippen LogP contribution < -0.4 is 5.73 Å². The average molecular weight is 243 g/mol. The highest BCUT2D eigenvalue weighted by atomic mass is 19.1. The smallest absolute Gasteiger partial charge is 0.123 e. The lowest BCUT2D eigenvalue weighted by molar-refractivity contribution is 0.616. The van der Waals surface area contributed by atoms with Gasteiger partial charge < -0.3 is 5.73 Å². The van der Waals surface area contributed by atoms with E-state index in [0.29, 0.717) is 6.54 Å². The van der Waals surface area contributed by atoms with Gasteiger partial charge in [-0.25, -0.2) is 4.39 Å². The molecule has 0 heterocycles. The molecule has 94 valence electrons. The molecule has 2 N–H and O–H groups in total. The van der Waals surface area contributed by atoms with Crippen LogP contribution in [0.5, 0.6) is 0 Å². The van der Waals surface area contributed by atoms with Gasteiger partial charge in [0.1, 0.15) is 5.82 Å². The maximum Gasteiger partial charge on any atom is 0.123 e. The summed E-state index contributed by atoms with van der Waals surface area (Å²) in [5.41, 5.74) is 9.26. The van der Waals surface area contributed by atoms with Crippen LogP contribution in [0.25, 0.3) is 0 Å². The van der Waals surface area contributed by atoms with Gasteiger partial charge in [0.15, 0.2) is 0 Å². The van der Waals surface area contributed by atoms with Crippen molar-refractivity contribution in [2.24, 2.45) is 5.73 Å². The predicted octanol–water partition coefficient (Wildman–Crippen LogP) is 3.42. The van der Waals surface area contributed by atoms with Crippen LogP contribution in [0.1, 0.15) is 22.6 Å². The lowest BCUT2D eigenvalue weighted by Gasteiger charge is -2.15. The molecule has 2 rings (SSSR count). The van der Waals surface area contributed by atoms with E-state index in [1.165, 1.54) is 17.2 Å². The van der Waals surface area contributed by atoms with Crippen LogP contribution in [-0.4, -0.2) is 6.54 Å². The summed E-state index contributed by atoms with van der Waals surface area (Å²) in [6, 6.07) is 15.1. The molecule has 1 nitrogen and oxygen atoms in total. The molecule has 2 aromatic rings. The first-order chi connectivity index (χ1) is 8.69. The number of nitrogens with two attached hydrogens (primary N) is 1. The molecule has 0 aliphatic rings. The van der Waals surface area contributed by atoms with Crippen molar-refractivity contribution in [3.8, 4) is 0 Å². The van der Waals surface area contributed by atoms with E-state index in [4.69, 9.17) is 5.73 Å². The molecule has 0 spiro atoms. The van der Waals surface area contributed by atoms with Crippen LogP contribution in [0, 0.1) is 12.7 Å². The molecule has 2 aromatic carbocycles. The van der Waals surface area contributed by atoms with Crippen molar-refractivity contribution in [2.75, 3.05) is 6.54 Å². The highest BCUT2D eigenvalue weighted by Crippen LogP contribution is 2.21. The maximum atomic E-state index is 13.2. The second-order valence-corrected chi connectivity index (χ2v) is 4.68. The molecule has 0 radical (unpaired) electrons. The first-order valence-electron chi connectivity index (χ1n) is 6.20. The Morgan fingerprint density at radius 1 is 1.11 bits per heavy atom. The van der Waals surface area contributed by atoms with Crippen molar-refractivity contribution in [1.82, 2.24) is 0 Å². The van der Waals surface area contributed by atoms with Gasteiger partial charge in [-0.15, -0.1) is 0 Å². The zero-order valence-electron chi connectivity index (χ0n) is 10.6. The minimum absolute atomic E-state index is 0.170. The number of rotatable bonds is 4. The summed E-state index contributed by atoms with van der Waals surface area (Å²) in [7, 11) is 0. The quantitative estimate of drug-likeness (QED) is 0.874. The van der Waals surface area contributed by atoms with Crippen molar-refractivity contribution in [3.05, 3.63) is 71.0 Å². The number of halogens is 1. The van der Waals surface area contributed by atoms with Gasteiger partial charge in [0, 0.05) is 5.92 Å². The first kappa shape index (κ1) is 12.8. The fourth-order valence-corrected chi connectivity index (χ4v) is 2.11. The average Bonchev–Trinajstić information content (AvgIpc) is 2.38. The molecule has 0 aliphatic heterocycles. The van der Waals surface area contributed by atoms with Gasteiger partial charge in [0.25, 0.3) is 0 Å². The van der Waals surface area contributed by atoms with Gasteiger partial charge in [-0.1, -0.05) is 42.0 Å². The zero-order valence-corrected chi connectivity index (χ0v) is 10.6. The Morgan fingerprint density at radius 2 is 1.83 bits per heavy atom. The molecular weight excluding hydrogens is 225 g/mol. The van der Waals surface area contributed by atoms with E-state index in [1.807, 2.05) is 6.07 Å². The van der Waals surface area contributed by atoms with E-state index in [-0.39, 0.29) is 11.7 Å². The van der Waals surface area contributed by atoms with E-state index in [9.17, 15) is 4.39 Å². The van der Waals surface area contributed by atoms with Crippen LogP contribution >= 0.6 is 0 Å². The molecule has 0 saturated heterocycles. The Labute approximate surface area is 107 Å². The van der Waals surface area contributed by atoms with Crippen LogP contribution in [0.2, 0.25) is 0 Å². The maximum absolute atomic E-state index is 13.2. The van der Waals surface area contributed by atoms with Crippen molar-refractivity contribution in [2.45, 2.75) is 19.3 Å². The summed E-state index contributed by atoms with van der Waals surface area (Å²) in [6.45, 7) is 2.59. The molecule has 1 unspecified atom stereocenters. The monoisotopic (exact) mass is 243 g/mol. The highest BCUT2D eigenvalue weighted by molar-refractivity contribution is 5.27. The lowest BCUT2D eigenvalue weighted by atomic mass is 9.92. The molecule has 0 amide bonds. The van der Waals surface area contributed by atoms with E-state index in [1.54, 1.807) is 12.1 Å². The molecule has 0 saturated carbocycles.